The summed E-state index contributed by atoms with van der Waals surface area (Å²) in [6.45, 7) is 2.25. The summed E-state index contributed by atoms with van der Waals surface area (Å²) in [5, 5.41) is 3.38. The van der Waals surface area contributed by atoms with Gasteiger partial charge in [0.05, 0.1) is 24.4 Å². The molecule has 0 aromatic carbocycles. The Morgan fingerprint density at radius 1 is 1.45 bits per heavy atom. The van der Waals surface area contributed by atoms with Gasteiger partial charge in [-0.05, 0) is 25.2 Å². The van der Waals surface area contributed by atoms with Gasteiger partial charge < -0.3 is 15.0 Å². The van der Waals surface area contributed by atoms with Crippen LogP contribution in [0.5, 0.6) is 0 Å². The Balaban J connectivity index is 1.33. The van der Waals surface area contributed by atoms with Gasteiger partial charge in [-0.25, -0.2) is 4.98 Å². The maximum Gasteiger partial charge on any atom is 0.222 e. The van der Waals surface area contributed by atoms with Crippen LogP contribution in [0.25, 0.3) is 0 Å². The van der Waals surface area contributed by atoms with E-state index in [1.807, 2.05) is 4.90 Å². The molecular weight excluding hydrogens is 280 g/mol. The molecule has 6 nitrogen and oxygen atoms in total. The Kier molecular flexibility index (Phi) is 3.48. The third-order valence-electron chi connectivity index (χ3n) is 4.95. The number of likely N-dealkylation sites (tertiary alicyclic amines) is 1. The lowest BCUT2D eigenvalue weighted by Gasteiger charge is -2.23. The number of anilines is 1. The van der Waals surface area contributed by atoms with Crippen LogP contribution < -0.4 is 5.32 Å². The Bertz CT molecular complexity index is 548. The highest BCUT2D eigenvalue weighted by Gasteiger charge is 2.47. The van der Waals surface area contributed by atoms with Crippen LogP contribution in [0.4, 0.5) is 5.82 Å². The second-order valence-corrected chi connectivity index (χ2v) is 6.84. The topological polar surface area (TPSA) is 67.4 Å². The predicted molar refractivity (Wildman–Crippen MR) is 81.3 cm³/mol. The number of carbonyl (C=O) groups is 1. The minimum absolute atomic E-state index is 0.154. The predicted octanol–water partition coefficient (Wildman–Crippen LogP) is 1.45. The van der Waals surface area contributed by atoms with Gasteiger partial charge in [0.15, 0.2) is 0 Å². The van der Waals surface area contributed by atoms with Crippen LogP contribution in [0, 0.1) is 5.92 Å². The van der Waals surface area contributed by atoms with Gasteiger partial charge in [-0.3, -0.25) is 9.78 Å². The molecule has 2 aliphatic heterocycles. The van der Waals surface area contributed by atoms with Crippen molar-refractivity contribution in [3.63, 3.8) is 0 Å². The average molecular weight is 302 g/mol. The second-order valence-electron chi connectivity index (χ2n) is 6.84. The van der Waals surface area contributed by atoms with Gasteiger partial charge in [-0.1, -0.05) is 0 Å². The molecule has 1 saturated carbocycles. The molecule has 0 radical (unpaired) electrons. The van der Waals surface area contributed by atoms with Crippen molar-refractivity contribution in [2.75, 3.05) is 25.0 Å². The molecule has 118 valence electrons. The molecule has 1 aliphatic carbocycles. The van der Waals surface area contributed by atoms with Crippen molar-refractivity contribution < 1.29 is 9.53 Å². The molecule has 0 bridgehead atoms. The average Bonchev–Trinajstić information content (AvgIpc) is 3.11. The third kappa shape index (κ3) is 2.92. The number of aromatic nitrogens is 2. The smallest absolute Gasteiger partial charge is 0.222 e. The van der Waals surface area contributed by atoms with Crippen LogP contribution in [-0.4, -0.2) is 52.1 Å². The lowest BCUT2D eigenvalue weighted by molar-refractivity contribution is -0.131. The zero-order chi connectivity index (χ0) is 15.0. The summed E-state index contributed by atoms with van der Waals surface area (Å²) in [7, 11) is 0. The second kappa shape index (κ2) is 5.50. The van der Waals surface area contributed by atoms with Crippen molar-refractivity contribution in [1.82, 2.24) is 14.9 Å². The molecule has 3 aliphatic rings. The Morgan fingerprint density at radius 3 is 3.14 bits per heavy atom. The molecule has 22 heavy (non-hydrogen) atoms. The van der Waals surface area contributed by atoms with E-state index in [0.717, 1.165) is 38.2 Å². The van der Waals surface area contributed by atoms with Gasteiger partial charge in [0.2, 0.25) is 5.91 Å². The maximum absolute atomic E-state index is 12.2. The molecule has 3 fully saturated rings. The number of ether oxygens (including phenoxy) is 1. The molecule has 3 heterocycles. The molecule has 4 rings (SSSR count). The van der Waals surface area contributed by atoms with Crippen LogP contribution in [0.2, 0.25) is 0 Å². The Hall–Kier alpha value is -1.69. The van der Waals surface area contributed by atoms with Crippen LogP contribution >= 0.6 is 0 Å². The van der Waals surface area contributed by atoms with Gasteiger partial charge in [0.1, 0.15) is 5.82 Å². The van der Waals surface area contributed by atoms with E-state index in [0.29, 0.717) is 18.4 Å². The molecule has 2 saturated heterocycles. The molecule has 2 atom stereocenters. The first kappa shape index (κ1) is 13.9. The minimum atomic E-state index is -0.154. The van der Waals surface area contributed by atoms with Crippen LogP contribution in [-0.2, 0) is 9.53 Å². The van der Waals surface area contributed by atoms with E-state index in [9.17, 15) is 4.79 Å². The molecule has 1 aromatic heterocycles. The summed E-state index contributed by atoms with van der Waals surface area (Å²) < 4.78 is 6.08. The van der Waals surface area contributed by atoms with E-state index in [1.54, 1.807) is 18.6 Å². The number of rotatable bonds is 4. The van der Waals surface area contributed by atoms with E-state index < -0.39 is 0 Å². The van der Waals surface area contributed by atoms with Crippen molar-refractivity contribution in [3.05, 3.63) is 18.6 Å². The summed E-state index contributed by atoms with van der Waals surface area (Å²) >= 11 is 0. The zero-order valence-electron chi connectivity index (χ0n) is 12.7. The van der Waals surface area contributed by atoms with E-state index in [1.165, 1.54) is 12.8 Å². The molecule has 6 heteroatoms. The summed E-state index contributed by atoms with van der Waals surface area (Å²) in [6, 6.07) is 0.246. The number of amides is 1. The van der Waals surface area contributed by atoms with Crippen LogP contribution in [0.1, 0.15) is 32.1 Å². The number of nitrogens with zero attached hydrogens (tertiary/aromatic N) is 3. The fourth-order valence-electron chi connectivity index (χ4n) is 3.56. The van der Waals surface area contributed by atoms with E-state index in [2.05, 4.69) is 15.3 Å². The van der Waals surface area contributed by atoms with Gasteiger partial charge in [-0.15, -0.1) is 0 Å². The van der Waals surface area contributed by atoms with Gasteiger partial charge in [-0.2, -0.15) is 0 Å². The highest BCUT2D eigenvalue weighted by atomic mass is 16.5. The lowest BCUT2D eigenvalue weighted by Crippen LogP contribution is -2.36. The van der Waals surface area contributed by atoms with Crippen molar-refractivity contribution in [1.29, 1.82) is 0 Å². The van der Waals surface area contributed by atoms with Crippen LogP contribution in [0.15, 0.2) is 18.6 Å². The number of carbonyl (C=O) groups excluding carboxylic acids is 1. The first-order chi connectivity index (χ1) is 10.7. The van der Waals surface area contributed by atoms with Crippen molar-refractivity contribution >= 4 is 11.7 Å². The SMILES string of the molecule is O=C(CC1CC1)N1CCC2(CC(Nc3cnccn3)CO2)C1. The summed E-state index contributed by atoms with van der Waals surface area (Å²) in [5.41, 5.74) is -0.154. The number of hydrogen-bond donors (Lipinski definition) is 1. The lowest BCUT2D eigenvalue weighted by atomic mass is 9.97. The van der Waals surface area contributed by atoms with Crippen molar-refractivity contribution in [3.8, 4) is 0 Å². The third-order valence-corrected chi connectivity index (χ3v) is 4.95. The summed E-state index contributed by atoms with van der Waals surface area (Å²) in [4.78, 5) is 22.6. The quantitative estimate of drug-likeness (QED) is 0.912. The molecule has 1 amide bonds. The van der Waals surface area contributed by atoms with Crippen LogP contribution in [0.3, 0.4) is 0 Å². The van der Waals surface area contributed by atoms with E-state index in [-0.39, 0.29) is 11.6 Å². The molecule has 2 unspecified atom stereocenters. The summed E-state index contributed by atoms with van der Waals surface area (Å²) in [5.74, 6) is 1.75. The van der Waals surface area contributed by atoms with E-state index >= 15 is 0 Å². The van der Waals surface area contributed by atoms with Crippen molar-refractivity contribution in [2.45, 2.75) is 43.7 Å². The first-order valence-corrected chi connectivity index (χ1v) is 8.17. The largest absolute Gasteiger partial charge is 0.371 e. The summed E-state index contributed by atoms with van der Waals surface area (Å²) in [6.07, 6.45) is 10.1. The Morgan fingerprint density at radius 2 is 2.36 bits per heavy atom. The first-order valence-electron chi connectivity index (χ1n) is 8.17. The fourth-order valence-corrected chi connectivity index (χ4v) is 3.56. The zero-order valence-corrected chi connectivity index (χ0v) is 12.7. The van der Waals surface area contributed by atoms with E-state index in [4.69, 9.17) is 4.74 Å². The maximum atomic E-state index is 12.2. The molecule has 1 spiro atoms. The standard InChI is InChI=1S/C16H22N4O2/c21-15(7-12-1-2-12)20-6-3-16(11-20)8-13(10-22-16)19-14-9-17-4-5-18-14/h4-5,9,12-13H,1-3,6-8,10-11H2,(H,18,19). The van der Waals surface area contributed by atoms with Gasteiger partial charge >= 0.3 is 0 Å². The number of nitrogens with one attached hydrogen (secondary N) is 1. The minimum Gasteiger partial charge on any atom is -0.371 e. The monoisotopic (exact) mass is 302 g/mol. The molecule has 1 aromatic rings. The Labute approximate surface area is 130 Å². The number of hydrogen-bond acceptors (Lipinski definition) is 5. The van der Waals surface area contributed by atoms with Gasteiger partial charge in [0, 0.05) is 38.3 Å². The molecular formula is C16H22N4O2. The molecule has 1 N–H and O–H groups in total. The van der Waals surface area contributed by atoms with Crippen molar-refractivity contribution in [2.24, 2.45) is 5.92 Å². The highest BCUT2D eigenvalue weighted by Crippen LogP contribution is 2.38. The van der Waals surface area contributed by atoms with Gasteiger partial charge in [0.25, 0.3) is 0 Å². The fraction of sp³-hybridized carbons (Fsp3) is 0.688. The normalized spacial score (nSPS) is 30.9. The highest BCUT2D eigenvalue weighted by molar-refractivity contribution is 5.77.